The van der Waals surface area contributed by atoms with Gasteiger partial charge < -0.3 is 0 Å². The maximum atomic E-state index is 2.26. The Morgan fingerprint density at radius 2 is 1.29 bits per heavy atom. The number of rotatable bonds is 2. The summed E-state index contributed by atoms with van der Waals surface area (Å²) in [6, 6.07) is 26.2. The van der Waals surface area contributed by atoms with Crippen molar-refractivity contribution in [3.63, 3.8) is 0 Å². The summed E-state index contributed by atoms with van der Waals surface area (Å²) in [5.41, 5.74) is 4.01. The summed E-state index contributed by atoms with van der Waals surface area (Å²) in [6.45, 7) is 0. The molecule has 5 aromatic rings. The van der Waals surface area contributed by atoms with Gasteiger partial charge >= 0.3 is 0 Å². The molecule has 0 spiro atoms. The zero-order chi connectivity index (χ0) is 15.9. The van der Waals surface area contributed by atoms with E-state index < -0.39 is 0 Å². The normalized spacial score (nSPS) is 11.3. The standard InChI is InChI=1S/C22H14S2/c1-2-7-15(8-3-1)20-17-10-5-4-9-16(17)18-12-14-24-22(18)21(20)19-11-6-13-23-19/h1-14H. The molecule has 0 atom stereocenters. The minimum atomic E-state index is 1.28. The SMILES string of the molecule is c1ccc(-c2c(-c3cccs3)c3sccc3c3ccccc23)cc1. The third kappa shape index (κ3) is 2.04. The molecule has 0 aliphatic rings. The van der Waals surface area contributed by atoms with Crippen LogP contribution in [0.3, 0.4) is 0 Å². The molecule has 0 fully saturated rings. The predicted molar refractivity (Wildman–Crippen MR) is 108 cm³/mol. The Labute approximate surface area is 148 Å². The van der Waals surface area contributed by atoms with Gasteiger partial charge in [-0.2, -0.15) is 0 Å². The van der Waals surface area contributed by atoms with E-state index in [2.05, 4.69) is 83.6 Å². The number of hydrogen-bond acceptors (Lipinski definition) is 2. The lowest BCUT2D eigenvalue weighted by atomic mass is 9.91. The average Bonchev–Trinajstić information content (AvgIpc) is 3.33. The third-order valence-electron chi connectivity index (χ3n) is 4.46. The van der Waals surface area contributed by atoms with E-state index >= 15 is 0 Å². The van der Waals surface area contributed by atoms with Crippen LogP contribution in [-0.2, 0) is 0 Å². The molecule has 0 amide bonds. The monoisotopic (exact) mass is 342 g/mol. The first-order chi connectivity index (χ1) is 11.9. The number of benzene rings is 3. The molecule has 2 aromatic heterocycles. The van der Waals surface area contributed by atoms with E-state index in [0.29, 0.717) is 0 Å². The van der Waals surface area contributed by atoms with Gasteiger partial charge in [0.1, 0.15) is 0 Å². The minimum absolute atomic E-state index is 1.28. The van der Waals surface area contributed by atoms with Crippen molar-refractivity contribution in [3.05, 3.63) is 83.6 Å². The quantitative estimate of drug-likeness (QED) is 0.312. The van der Waals surface area contributed by atoms with Crippen LogP contribution in [0, 0.1) is 0 Å². The molecule has 0 saturated carbocycles. The van der Waals surface area contributed by atoms with Crippen LogP contribution in [0.5, 0.6) is 0 Å². The molecule has 0 aliphatic carbocycles. The Hall–Kier alpha value is -2.42. The van der Waals surface area contributed by atoms with Crippen LogP contribution in [0.15, 0.2) is 83.6 Å². The van der Waals surface area contributed by atoms with E-state index in [1.54, 1.807) is 0 Å². The van der Waals surface area contributed by atoms with Gasteiger partial charge in [-0.1, -0.05) is 60.7 Å². The van der Waals surface area contributed by atoms with Crippen molar-refractivity contribution in [2.45, 2.75) is 0 Å². The van der Waals surface area contributed by atoms with Gasteiger partial charge in [-0.25, -0.2) is 0 Å². The fourth-order valence-electron chi connectivity index (χ4n) is 3.46. The predicted octanol–water partition coefficient (Wildman–Crippen LogP) is 7.45. The molecule has 114 valence electrons. The summed E-state index contributed by atoms with van der Waals surface area (Å²) in [6.07, 6.45) is 0. The Morgan fingerprint density at radius 1 is 0.500 bits per heavy atom. The van der Waals surface area contributed by atoms with E-state index in [9.17, 15) is 0 Å². The number of thiophene rings is 2. The topological polar surface area (TPSA) is 0 Å². The Morgan fingerprint density at radius 3 is 2.08 bits per heavy atom. The van der Waals surface area contributed by atoms with Crippen molar-refractivity contribution >= 4 is 43.5 Å². The Kier molecular flexibility index (Phi) is 3.25. The van der Waals surface area contributed by atoms with Gasteiger partial charge in [0.2, 0.25) is 0 Å². The van der Waals surface area contributed by atoms with Gasteiger partial charge in [-0.05, 0) is 44.8 Å². The van der Waals surface area contributed by atoms with E-state index in [4.69, 9.17) is 0 Å². The third-order valence-corrected chi connectivity index (χ3v) is 6.28. The highest BCUT2D eigenvalue weighted by Gasteiger charge is 2.18. The molecule has 0 aliphatic heterocycles. The van der Waals surface area contributed by atoms with Gasteiger partial charge in [0.05, 0.1) is 0 Å². The molecular weight excluding hydrogens is 328 g/mol. The summed E-state index contributed by atoms with van der Waals surface area (Å²) < 4.78 is 1.38. The first-order valence-corrected chi connectivity index (χ1v) is 9.70. The summed E-state index contributed by atoms with van der Waals surface area (Å²) in [7, 11) is 0. The maximum absolute atomic E-state index is 2.26. The van der Waals surface area contributed by atoms with E-state index in [-0.39, 0.29) is 0 Å². The van der Waals surface area contributed by atoms with Crippen molar-refractivity contribution in [3.8, 4) is 21.6 Å². The fourth-order valence-corrected chi connectivity index (χ4v) is 5.28. The van der Waals surface area contributed by atoms with Crippen molar-refractivity contribution in [1.82, 2.24) is 0 Å². The van der Waals surface area contributed by atoms with Crippen LogP contribution in [0.25, 0.3) is 42.4 Å². The smallest absolute Gasteiger partial charge is 0.0442 e. The molecule has 0 radical (unpaired) electrons. The van der Waals surface area contributed by atoms with Gasteiger partial charge in [0.15, 0.2) is 0 Å². The molecule has 24 heavy (non-hydrogen) atoms. The molecule has 2 heterocycles. The molecule has 2 heteroatoms. The molecule has 0 saturated heterocycles. The lowest BCUT2D eigenvalue weighted by Gasteiger charge is -2.15. The lowest BCUT2D eigenvalue weighted by molar-refractivity contribution is 1.67. The van der Waals surface area contributed by atoms with Gasteiger partial charge in [0, 0.05) is 20.5 Å². The van der Waals surface area contributed by atoms with Gasteiger partial charge in [-0.3, -0.25) is 0 Å². The first-order valence-electron chi connectivity index (χ1n) is 7.95. The summed E-state index contributed by atoms with van der Waals surface area (Å²) in [5.74, 6) is 0. The zero-order valence-corrected chi connectivity index (χ0v) is 14.5. The molecule has 3 aromatic carbocycles. The van der Waals surface area contributed by atoms with Crippen LogP contribution in [-0.4, -0.2) is 0 Å². The lowest BCUT2D eigenvalue weighted by Crippen LogP contribution is -1.87. The van der Waals surface area contributed by atoms with Crippen LogP contribution in [0.1, 0.15) is 0 Å². The van der Waals surface area contributed by atoms with Crippen molar-refractivity contribution < 1.29 is 0 Å². The van der Waals surface area contributed by atoms with Gasteiger partial charge in [0.25, 0.3) is 0 Å². The van der Waals surface area contributed by atoms with Crippen LogP contribution < -0.4 is 0 Å². The summed E-state index contributed by atoms with van der Waals surface area (Å²) >= 11 is 3.66. The molecule has 0 bridgehead atoms. The molecular formula is C22H14S2. The van der Waals surface area contributed by atoms with Crippen molar-refractivity contribution in [1.29, 1.82) is 0 Å². The minimum Gasteiger partial charge on any atom is -0.144 e. The fraction of sp³-hybridized carbons (Fsp3) is 0. The molecule has 0 nitrogen and oxygen atoms in total. The Balaban J connectivity index is 2.05. The Bertz CT molecular complexity index is 1130. The maximum Gasteiger partial charge on any atom is 0.0442 e. The molecule has 0 N–H and O–H groups in total. The van der Waals surface area contributed by atoms with Crippen LogP contribution in [0.4, 0.5) is 0 Å². The van der Waals surface area contributed by atoms with Gasteiger partial charge in [-0.15, -0.1) is 22.7 Å². The van der Waals surface area contributed by atoms with E-state index in [0.717, 1.165) is 0 Å². The second-order valence-corrected chi connectivity index (χ2v) is 7.67. The highest BCUT2D eigenvalue weighted by molar-refractivity contribution is 7.19. The number of fused-ring (bicyclic) bond motifs is 3. The van der Waals surface area contributed by atoms with E-state index in [1.807, 2.05) is 22.7 Å². The van der Waals surface area contributed by atoms with Crippen molar-refractivity contribution in [2.24, 2.45) is 0 Å². The molecule has 0 unspecified atom stereocenters. The second-order valence-electron chi connectivity index (χ2n) is 5.80. The second kappa shape index (κ2) is 5.59. The highest BCUT2D eigenvalue weighted by Crippen LogP contribution is 2.47. The number of hydrogen-bond donors (Lipinski definition) is 0. The molecule has 5 rings (SSSR count). The van der Waals surface area contributed by atoms with Crippen LogP contribution >= 0.6 is 22.7 Å². The van der Waals surface area contributed by atoms with E-state index in [1.165, 1.54) is 42.4 Å². The summed E-state index contributed by atoms with van der Waals surface area (Å²) in [4.78, 5) is 1.34. The largest absolute Gasteiger partial charge is 0.144 e. The first kappa shape index (κ1) is 14.0. The highest BCUT2D eigenvalue weighted by atomic mass is 32.1. The zero-order valence-electron chi connectivity index (χ0n) is 12.9. The van der Waals surface area contributed by atoms with Crippen molar-refractivity contribution in [2.75, 3.05) is 0 Å². The van der Waals surface area contributed by atoms with Crippen LogP contribution in [0.2, 0.25) is 0 Å². The summed E-state index contributed by atoms with van der Waals surface area (Å²) in [5, 5.41) is 8.41. The average molecular weight is 342 g/mol.